The topological polar surface area (TPSA) is 114 Å². The maximum Gasteiger partial charge on any atom is 0.272 e. The summed E-state index contributed by atoms with van der Waals surface area (Å²) in [6.07, 6.45) is 1.08. The summed E-state index contributed by atoms with van der Waals surface area (Å²) in [5.74, 6) is -2.13. The van der Waals surface area contributed by atoms with Gasteiger partial charge in [0.05, 0.1) is 30.3 Å². The zero-order valence-electron chi connectivity index (χ0n) is 21.2. The van der Waals surface area contributed by atoms with E-state index in [1.807, 2.05) is 50.2 Å². The molecule has 8 nitrogen and oxygen atoms in total. The van der Waals surface area contributed by atoms with Crippen molar-refractivity contribution < 1.29 is 19.1 Å². The van der Waals surface area contributed by atoms with E-state index < -0.39 is 35.7 Å². The molecule has 3 rings (SSSR count). The van der Waals surface area contributed by atoms with Crippen LogP contribution >= 0.6 is 0 Å². The van der Waals surface area contributed by atoms with Gasteiger partial charge in [-0.1, -0.05) is 50.3 Å². The first kappa shape index (κ1) is 26.7. The van der Waals surface area contributed by atoms with E-state index >= 15 is 0 Å². The molecule has 8 heteroatoms. The van der Waals surface area contributed by atoms with Gasteiger partial charge < -0.3 is 20.7 Å². The molecular weight excluding hydrogens is 456 g/mol. The number of amides is 3. The summed E-state index contributed by atoms with van der Waals surface area (Å²) < 4.78 is 5.42. The van der Waals surface area contributed by atoms with E-state index in [1.54, 1.807) is 32.4 Å². The smallest absolute Gasteiger partial charge is 0.272 e. The number of benzene rings is 2. The summed E-state index contributed by atoms with van der Waals surface area (Å²) in [5.41, 5.74) is 8.32. The van der Waals surface area contributed by atoms with Crippen LogP contribution in [-0.4, -0.2) is 43.8 Å². The fourth-order valence-electron chi connectivity index (χ4n) is 4.46. The van der Waals surface area contributed by atoms with Crippen LogP contribution in [0.3, 0.4) is 0 Å². The van der Waals surface area contributed by atoms with Gasteiger partial charge in [-0.05, 0) is 37.0 Å². The van der Waals surface area contributed by atoms with Gasteiger partial charge in [-0.25, -0.2) is 4.99 Å². The number of hydrogen-bond donors (Lipinski definition) is 2. The highest BCUT2D eigenvalue weighted by Crippen LogP contribution is 2.31. The molecule has 0 aromatic heterocycles. The van der Waals surface area contributed by atoms with Gasteiger partial charge >= 0.3 is 0 Å². The lowest BCUT2D eigenvalue weighted by atomic mass is 9.82. The van der Waals surface area contributed by atoms with Crippen molar-refractivity contribution in [2.45, 2.75) is 32.9 Å². The van der Waals surface area contributed by atoms with Crippen molar-refractivity contribution >= 4 is 29.1 Å². The third-order valence-electron chi connectivity index (χ3n) is 6.30. The van der Waals surface area contributed by atoms with Crippen LogP contribution in [0.2, 0.25) is 0 Å². The summed E-state index contributed by atoms with van der Waals surface area (Å²) in [7, 11) is 3.22. The second-order valence-corrected chi connectivity index (χ2v) is 9.30. The number of rotatable bonds is 10. The Morgan fingerprint density at radius 1 is 1.19 bits per heavy atom. The molecule has 1 unspecified atom stereocenters. The van der Waals surface area contributed by atoms with Crippen LogP contribution in [0.25, 0.3) is 0 Å². The predicted octanol–water partition coefficient (Wildman–Crippen LogP) is 3.29. The number of hydrogen-bond acceptors (Lipinski definition) is 5. The van der Waals surface area contributed by atoms with Gasteiger partial charge in [0.1, 0.15) is 5.75 Å². The number of nitrogens with zero attached hydrogens (tertiary/aromatic N) is 2. The zero-order valence-corrected chi connectivity index (χ0v) is 21.2. The summed E-state index contributed by atoms with van der Waals surface area (Å²) in [6, 6.07) is 14.8. The Morgan fingerprint density at radius 2 is 1.89 bits per heavy atom. The lowest BCUT2D eigenvalue weighted by Gasteiger charge is -2.27. The number of ether oxygens (including phenoxy) is 1. The molecule has 0 bridgehead atoms. The summed E-state index contributed by atoms with van der Waals surface area (Å²) in [4.78, 5) is 45.5. The number of carbonyl (C=O) groups excluding carboxylic acids is 3. The molecule has 0 radical (unpaired) electrons. The monoisotopic (exact) mass is 490 g/mol. The molecule has 1 aliphatic heterocycles. The van der Waals surface area contributed by atoms with E-state index in [-0.39, 0.29) is 12.3 Å². The molecule has 0 fully saturated rings. The van der Waals surface area contributed by atoms with Crippen LogP contribution in [-0.2, 0) is 14.4 Å². The van der Waals surface area contributed by atoms with Crippen LogP contribution in [0, 0.1) is 17.8 Å². The van der Waals surface area contributed by atoms with Crippen molar-refractivity contribution in [2.75, 3.05) is 19.1 Å². The molecule has 0 saturated heterocycles. The standard InChI is InChI=1S/C28H34N4O4/c1-6-10-20(25(29)33)21(15-17(2)3)27(34)31-26-28(35)32(4)23-14-13-19(36-5)16-22(23)24(30-26)18-11-8-7-9-12-18/h6-9,11-14,16-17,20-21,26H,1,10,15H2,2-5H3,(H2,29,33)(H,31,34)/t20-,21+,26?/m0/s1. The average Bonchev–Trinajstić information content (AvgIpc) is 2.96. The number of methoxy groups -OCH3 is 1. The van der Waals surface area contributed by atoms with E-state index in [0.29, 0.717) is 29.1 Å². The van der Waals surface area contributed by atoms with Crippen LogP contribution in [0.4, 0.5) is 5.69 Å². The van der Waals surface area contributed by atoms with Gasteiger partial charge in [0.25, 0.3) is 5.91 Å². The average molecular weight is 491 g/mol. The molecule has 2 aromatic carbocycles. The Hall–Kier alpha value is -3.94. The maximum absolute atomic E-state index is 13.5. The first-order valence-corrected chi connectivity index (χ1v) is 12.0. The Kier molecular flexibility index (Phi) is 8.64. The van der Waals surface area contributed by atoms with Crippen LogP contribution < -0.4 is 20.7 Å². The number of fused-ring (bicyclic) bond motifs is 1. The molecule has 0 aliphatic carbocycles. The number of allylic oxidation sites excluding steroid dienone is 1. The third kappa shape index (κ3) is 5.82. The number of nitrogens with two attached hydrogens (primary N) is 1. The van der Waals surface area contributed by atoms with Crippen molar-refractivity contribution in [3.8, 4) is 5.75 Å². The first-order valence-electron chi connectivity index (χ1n) is 12.0. The van der Waals surface area contributed by atoms with Gasteiger partial charge in [0.2, 0.25) is 18.0 Å². The number of aliphatic imine (C=N–C) groups is 1. The summed E-state index contributed by atoms with van der Waals surface area (Å²) in [5, 5.41) is 2.81. The maximum atomic E-state index is 13.5. The third-order valence-corrected chi connectivity index (χ3v) is 6.30. The molecule has 0 saturated carbocycles. The predicted molar refractivity (Wildman–Crippen MR) is 141 cm³/mol. The number of nitrogens with one attached hydrogen (secondary N) is 1. The number of carbonyl (C=O) groups is 3. The Morgan fingerprint density at radius 3 is 2.47 bits per heavy atom. The van der Waals surface area contributed by atoms with E-state index in [4.69, 9.17) is 15.5 Å². The highest BCUT2D eigenvalue weighted by atomic mass is 16.5. The molecule has 2 aromatic rings. The van der Waals surface area contributed by atoms with Crippen molar-refractivity contribution in [3.05, 3.63) is 72.3 Å². The molecule has 1 aliphatic rings. The highest BCUT2D eigenvalue weighted by Gasteiger charge is 2.36. The molecule has 190 valence electrons. The van der Waals surface area contributed by atoms with Gasteiger partial charge in [-0.3, -0.25) is 14.4 Å². The summed E-state index contributed by atoms with van der Waals surface area (Å²) >= 11 is 0. The number of likely N-dealkylation sites (N-methyl/N-ethyl adjacent to an activating group) is 1. The minimum Gasteiger partial charge on any atom is -0.497 e. The number of anilines is 1. The van der Waals surface area contributed by atoms with E-state index in [0.717, 1.165) is 5.56 Å². The van der Waals surface area contributed by atoms with E-state index in [2.05, 4.69) is 11.9 Å². The minimum atomic E-state index is -1.19. The van der Waals surface area contributed by atoms with E-state index in [9.17, 15) is 14.4 Å². The highest BCUT2D eigenvalue weighted by molar-refractivity contribution is 6.20. The SMILES string of the molecule is C=CC[C@H](C(N)=O)[C@@H](CC(C)C)C(=O)NC1N=C(c2ccccc2)c2cc(OC)ccc2N(C)C1=O. The largest absolute Gasteiger partial charge is 0.497 e. The molecule has 36 heavy (non-hydrogen) atoms. The molecule has 0 spiro atoms. The molecule has 3 N–H and O–H groups in total. The number of benzodiazepines with no additional fused rings is 1. The first-order chi connectivity index (χ1) is 17.2. The Bertz CT molecular complexity index is 1160. The fourth-order valence-corrected chi connectivity index (χ4v) is 4.46. The van der Waals surface area contributed by atoms with Gasteiger partial charge in [0, 0.05) is 18.2 Å². The molecule has 3 amide bonds. The lowest BCUT2D eigenvalue weighted by molar-refractivity contribution is -0.135. The zero-order chi connectivity index (χ0) is 26.4. The Balaban J connectivity index is 2.08. The lowest BCUT2D eigenvalue weighted by Crippen LogP contribution is -2.50. The van der Waals surface area contributed by atoms with Gasteiger partial charge in [-0.2, -0.15) is 0 Å². The Labute approximate surface area is 212 Å². The molecule has 3 atom stereocenters. The second kappa shape index (κ2) is 11.7. The van der Waals surface area contributed by atoms with Crippen molar-refractivity contribution in [2.24, 2.45) is 28.5 Å². The van der Waals surface area contributed by atoms with E-state index in [1.165, 1.54) is 4.90 Å². The molecule has 1 heterocycles. The number of primary amides is 1. The second-order valence-electron chi connectivity index (χ2n) is 9.30. The van der Waals surface area contributed by atoms with Crippen molar-refractivity contribution in [1.29, 1.82) is 0 Å². The quantitative estimate of drug-likeness (QED) is 0.498. The fraction of sp³-hybridized carbons (Fsp3) is 0.357. The minimum absolute atomic E-state index is 0.125. The van der Waals surface area contributed by atoms with Crippen molar-refractivity contribution in [3.63, 3.8) is 0 Å². The van der Waals surface area contributed by atoms with Crippen LogP contribution in [0.5, 0.6) is 5.75 Å². The van der Waals surface area contributed by atoms with Gasteiger partial charge in [-0.15, -0.1) is 6.58 Å². The van der Waals surface area contributed by atoms with Gasteiger partial charge in [0.15, 0.2) is 0 Å². The normalized spacial score (nSPS) is 16.9. The van der Waals surface area contributed by atoms with Crippen LogP contribution in [0.1, 0.15) is 37.8 Å². The summed E-state index contributed by atoms with van der Waals surface area (Å²) in [6.45, 7) is 7.63. The van der Waals surface area contributed by atoms with Crippen LogP contribution in [0.15, 0.2) is 66.2 Å². The van der Waals surface area contributed by atoms with Crippen molar-refractivity contribution in [1.82, 2.24) is 5.32 Å². The molecular formula is C28H34N4O4.